The topological polar surface area (TPSA) is 64.3 Å². The number of carbonyl (C=O) groups excluding carboxylic acids is 1. The summed E-state index contributed by atoms with van der Waals surface area (Å²) in [4.78, 5) is 11.6. The first-order valence-electron chi connectivity index (χ1n) is 6.19. The molecular formula is C14H23ClN2O2. The number of carbonyl (C=O) groups is 1. The Balaban J connectivity index is 0.00000324. The Morgan fingerprint density at radius 2 is 1.89 bits per heavy atom. The lowest BCUT2D eigenvalue weighted by atomic mass is 10.1. The number of aryl methyl sites for hydroxylation is 1. The minimum atomic E-state index is -0.396. The van der Waals surface area contributed by atoms with Gasteiger partial charge in [-0.1, -0.05) is 19.1 Å². The normalized spacial score (nSPS) is 10.5. The summed E-state index contributed by atoms with van der Waals surface area (Å²) in [5, 5.41) is 2.81. The van der Waals surface area contributed by atoms with Gasteiger partial charge in [-0.15, -0.1) is 12.4 Å². The highest BCUT2D eigenvalue weighted by molar-refractivity contribution is 5.85. The van der Waals surface area contributed by atoms with Crippen molar-refractivity contribution in [1.82, 2.24) is 5.32 Å². The van der Waals surface area contributed by atoms with Crippen LogP contribution >= 0.6 is 12.4 Å². The molecule has 0 aliphatic carbocycles. The number of halogens is 1. The summed E-state index contributed by atoms with van der Waals surface area (Å²) in [5.74, 6) is 0.540. The summed E-state index contributed by atoms with van der Waals surface area (Å²) in [5.41, 5.74) is 6.39. The van der Waals surface area contributed by atoms with Crippen molar-refractivity contribution in [3.63, 3.8) is 0 Å². The SMILES string of the molecule is CCc1ccc(OCC(=O)NC(C)(C)CN)cc1.Cl. The quantitative estimate of drug-likeness (QED) is 0.839. The van der Waals surface area contributed by atoms with E-state index in [-0.39, 0.29) is 24.9 Å². The second kappa shape index (κ2) is 8.02. The van der Waals surface area contributed by atoms with Crippen molar-refractivity contribution in [3.05, 3.63) is 29.8 Å². The van der Waals surface area contributed by atoms with Gasteiger partial charge >= 0.3 is 0 Å². The van der Waals surface area contributed by atoms with E-state index in [4.69, 9.17) is 10.5 Å². The number of nitrogens with two attached hydrogens (primary N) is 1. The minimum Gasteiger partial charge on any atom is -0.484 e. The molecule has 4 nitrogen and oxygen atoms in total. The van der Waals surface area contributed by atoms with Gasteiger partial charge in [-0.3, -0.25) is 4.79 Å². The predicted octanol–water partition coefficient (Wildman–Crippen LogP) is 1.90. The average Bonchev–Trinajstić information content (AvgIpc) is 2.36. The monoisotopic (exact) mass is 286 g/mol. The van der Waals surface area contributed by atoms with Gasteiger partial charge in [-0.25, -0.2) is 0 Å². The first-order chi connectivity index (χ1) is 8.46. The lowest BCUT2D eigenvalue weighted by Crippen LogP contribution is -2.50. The van der Waals surface area contributed by atoms with Gasteiger partial charge in [0.1, 0.15) is 5.75 Å². The molecule has 0 unspecified atom stereocenters. The van der Waals surface area contributed by atoms with E-state index in [2.05, 4.69) is 12.2 Å². The lowest BCUT2D eigenvalue weighted by Gasteiger charge is -2.24. The van der Waals surface area contributed by atoms with Gasteiger partial charge in [0.15, 0.2) is 6.61 Å². The van der Waals surface area contributed by atoms with Crippen LogP contribution in [-0.2, 0) is 11.2 Å². The molecule has 0 saturated carbocycles. The average molecular weight is 287 g/mol. The van der Waals surface area contributed by atoms with Crippen LogP contribution in [0, 0.1) is 0 Å². The third-order valence-corrected chi connectivity index (χ3v) is 2.69. The first kappa shape index (κ1) is 17.7. The second-order valence-electron chi connectivity index (χ2n) is 4.92. The molecule has 1 amide bonds. The van der Waals surface area contributed by atoms with E-state index < -0.39 is 5.54 Å². The largest absolute Gasteiger partial charge is 0.484 e. The van der Waals surface area contributed by atoms with Gasteiger partial charge in [0, 0.05) is 12.1 Å². The molecule has 0 bridgehead atoms. The highest BCUT2D eigenvalue weighted by atomic mass is 35.5. The number of benzene rings is 1. The van der Waals surface area contributed by atoms with E-state index in [0.29, 0.717) is 12.3 Å². The van der Waals surface area contributed by atoms with Crippen molar-refractivity contribution in [1.29, 1.82) is 0 Å². The van der Waals surface area contributed by atoms with Gasteiger partial charge in [-0.2, -0.15) is 0 Å². The number of nitrogens with one attached hydrogen (secondary N) is 1. The molecule has 0 atom stereocenters. The van der Waals surface area contributed by atoms with E-state index >= 15 is 0 Å². The Morgan fingerprint density at radius 1 is 1.32 bits per heavy atom. The second-order valence-corrected chi connectivity index (χ2v) is 4.92. The smallest absolute Gasteiger partial charge is 0.258 e. The molecule has 0 spiro atoms. The maximum absolute atomic E-state index is 11.6. The zero-order chi connectivity index (χ0) is 13.6. The molecule has 0 heterocycles. The van der Waals surface area contributed by atoms with Crippen LogP contribution < -0.4 is 15.8 Å². The van der Waals surface area contributed by atoms with Crippen molar-refractivity contribution < 1.29 is 9.53 Å². The molecule has 0 aliphatic heterocycles. The highest BCUT2D eigenvalue weighted by Gasteiger charge is 2.18. The number of hydrogen-bond acceptors (Lipinski definition) is 3. The van der Waals surface area contributed by atoms with Gasteiger partial charge < -0.3 is 15.8 Å². The molecule has 0 radical (unpaired) electrons. The summed E-state index contributed by atoms with van der Waals surface area (Å²) in [6, 6.07) is 7.74. The fourth-order valence-corrected chi connectivity index (χ4v) is 1.43. The summed E-state index contributed by atoms with van der Waals surface area (Å²) in [6.45, 7) is 6.25. The summed E-state index contributed by atoms with van der Waals surface area (Å²) < 4.78 is 5.40. The fraction of sp³-hybridized carbons (Fsp3) is 0.500. The van der Waals surface area contributed by atoms with Crippen LogP contribution in [0.5, 0.6) is 5.75 Å². The molecule has 5 heteroatoms. The Labute approximate surface area is 121 Å². The number of rotatable bonds is 6. The maximum Gasteiger partial charge on any atom is 0.258 e. The highest BCUT2D eigenvalue weighted by Crippen LogP contribution is 2.12. The van der Waals surface area contributed by atoms with Crippen molar-refractivity contribution in [2.24, 2.45) is 5.73 Å². The van der Waals surface area contributed by atoms with Gasteiger partial charge in [0.05, 0.1) is 0 Å². The van der Waals surface area contributed by atoms with E-state index in [1.54, 1.807) is 0 Å². The van der Waals surface area contributed by atoms with Crippen LogP contribution in [-0.4, -0.2) is 24.6 Å². The van der Waals surface area contributed by atoms with Crippen LogP contribution in [0.3, 0.4) is 0 Å². The summed E-state index contributed by atoms with van der Waals surface area (Å²) in [7, 11) is 0. The molecule has 108 valence electrons. The van der Waals surface area contributed by atoms with E-state index in [9.17, 15) is 4.79 Å². The molecular weight excluding hydrogens is 264 g/mol. The minimum absolute atomic E-state index is 0. The molecule has 0 fully saturated rings. The predicted molar refractivity (Wildman–Crippen MR) is 79.8 cm³/mol. The third-order valence-electron chi connectivity index (χ3n) is 2.69. The molecule has 19 heavy (non-hydrogen) atoms. The van der Waals surface area contributed by atoms with Crippen LogP contribution in [0.15, 0.2) is 24.3 Å². The Hall–Kier alpha value is -1.26. The van der Waals surface area contributed by atoms with Crippen molar-refractivity contribution in [2.75, 3.05) is 13.2 Å². The van der Waals surface area contributed by atoms with E-state index in [1.165, 1.54) is 5.56 Å². The molecule has 3 N–H and O–H groups in total. The fourth-order valence-electron chi connectivity index (χ4n) is 1.43. The van der Waals surface area contributed by atoms with Crippen molar-refractivity contribution >= 4 is 18.3 Å². The van der Waals surface area contributed by atoms with E-state index in [1.807, 2.05) is 38.1 Å². The Morgan fingerprint density at radius 3 is 2.37 bits per heavy atom. The molecule has 0 aromatic heterocycles. The summed E-state index contributed by atoms with van der Waals surface area (Å²) in [6.07, 6.45) is 0.992. The summed E-state index contributed by atoms with van der Waals surface area (Å²) >= 11 is 0. The number of ether oxygens (including phenoxy) is 1. The first-order valence-corrected chi connectivity index (χ1v) is 6.19. The molecule has 1 rings (SSSR count). The molecule has 0 aliphatic rings. The van der Waals surface area contributed by atoms with E-state index in [0.717, 1.165) is 6.42 Å². The van der Waals surface area contributed by atoms with Gasteiger partial charge in [-0.05, 0) is 38.0 Å². The Bertz CT molecular complexity index is 391. The Kier molecular flexibility index (Phi) is 7.49. The lowest BCUT2D eigenvalue weighted by molar-refractivity contribution is -0.124. The van der Waals surface area contributed by atoms with Gasteiger partial charge in [0.25, 0.3) is 5.91 Å². The zero-order valence-electron chi connectivity index (χ0n) is 11.7. The standard InChI is InChI=1S/C14H22N2O2.ClH/c1-4-11-5-7-12(8-6-11)18-9-13(17)16-14(2,3)10-15;/h5-8H,4,9-10,15H2,1-3H3,(H,16,17);1H. The van der Waals surface area contributed by atoms with Crippen molar-refractivity contribution in [2.45, 2.75) is 32.7 Å². The molecule has 1 aromatic carbocycles. The maximum atomic E-state index is 11.6. The van der Waals surface area contributed by atoms with Crippen LogP contribution in [0.4, 0.5) is 0 Å². The molecule has 1 aromatic rings. The van der Waals surface area contributed by atoms with Crippen LogP contribution in [0.2, 0.25) is 0 Å². The van der Waals surface area contributed by atoms with Gasteiger partial charge in [0.2, 0.25) is 0 Å². The zero-order valence-corrected chi connectivity index (χ0v) is 12.5. The van der Waals surface area contributed by atoms with Crippen LogP contribution in [0.1, 0.15) is 26.3 Å². The van der Waals surface area contributed by atoms with Crippen LogP contribution in [0.25, 0.3) is 0 Å². The number of hydrogen-bond donors (Lipinski definition) is 2. The molecule has 0 saturated heterocycles. The van der Waals surface area contributed by atoms with Crippen molar-refractivity contribution in [3.8, 4) is 5.75 Å². The number of amides is 1. The third kappa shape index (κ3) is 6.45.